The monoisotopic (exact) mass is 992 g/mol. The van der Waals surface area contributed by atoms with E-state index in [0.717, 1.165) is 11.1 Å². The van der Waals surface area contributed by atoms with Gasteiger partial charge in [0.05, 0.1) is 35.5 Å². The van der Waals surface area contributed by atoms with Crippen molar-refractivity contribution in [1.82, 2.24) is 0 Å². The molecule has 13 nitrogen and oxygen atoms in total. The van der Waals surface area contributed by atoms with Crippen LogP contribution in [-0.4, -0.2) is 32.4 Å². The molecule has 0 aliphatic carbocycles. The van der Waals surface area contributed by atoms with Crippen LogP contribution in [0, 0.1) is 0 Å². The largest absolute Gasteiger partial charge is 0.496 e. The van der Waals surface area contributed by atoms with Crippen molar-refractivity contribution in [2.24, 2.45) is 0 Å². The van der Waals surface area contributed by atoms with Gasteiger partial charge in [0.2, 0.25) is 0 Å². The molecule has 16 heteroatoms. The average Bonchev–Trinajstić information content (AvgIpc) is 3.37. The fourth-order valence-electron chi connectivity index (χ4n) is 7.67. The summed E-state index contributed by atoms with van der Waals surface area (Å²) in [5, 5.41) is 1.64. The summed E-state index contributed by atoms with van der Waals surface area (Å²) in [7, 11) is -9.38. The minimum absolute atomic E-state index is 0.0359. The molecule has 0 spiro atoms. The maximum Gasteiger partial charge on any atom is 0.427 e. The molecule has 0 N–H and O–H groups in total. The molecule has 3 unspecified atom stereocenters. The van der Waals surface area contributed by atoms with E-state index in [1.807, 2.05) is 30.3 Å². The second kappa shape index (κ2) is 20.1. The van der Waals surface area contributed by atoms with Gasteiger partial charge < -0.3 is 37.2 Å². The van der Waals surface area contributed by atoms with Gasteiger partial charge in [-0.15, -0.1) is 0 Å². The van der Waals surface area contributed by atoms with E-state index in [2.05, 4.69) is 0 Å². The molecule has 1 heterocycles. The molecule has 0 saturated carbocycles. The Labute approximate surface area is 403 Å². The molecule has 3 atom stereocenters. The molecule has 70 heavy (non-hydrogen) atoms. The lowest BCUT2D eigenvalue weighted by atomic mass is 10.0. The van der Waals surface area contributed by atoms with Gasteiger partial charge in [0.25, 0.3) is 0 Å². The lowest BCUT2D eigenvalue weighted by Gasteiger charge is -2.29. The van der Waals surface area contributed by atoms with Crippen LogP contribution >= 0.6 is 22.1 Å². The number of esters is 2. The predicted molar refractivity (Wildman–Crippen MR) is 268 cm³/mol. The van der Waals surface area contributed by atoms with E-state index < -0.39 is 34.0 Å². The molecular weight excluding hydrogens is 950 g/mol. The minimum atomic E-state index is -3.80. The van der Waals surface area contributed by atoms with Gasteiger partial charge in [0, 0.05) is 28.3 Å². The molecule has 1 aliphatic heterocycles. The highest BCUT2D eigenvalue weighted by Gasteiger charge is 2.40. The maximum absolute atomic E-state index is 15.0. The zero-order valence-electron chi connectivity index (χ0n) is 37.8. The third-order valence-corrected chi connectivity index (χ3v) is 17.1. The molecule has 0 radical (unpaired) electrons. The summed E-state index contributed by atoms with van der Waals surface area (Å²) >= 11 is 0. The molecule has 0 amide bonds. The van der Waals surface area contributed by atoms with Crippen LogP contribution in [0.2, 0.25) is 0 Å². The number of hydrogen-bond donors (Lipinski definition) is 0. The van der Waals surface area contributed by atoms with Gasteiger partial charge in [-0.05, 0) is 103 Å². The predicted octanol–water partition coefficient (Wildman–Crippen LogP) is 11.2. The van der Waals surface area contributed by atoms with Crippen molar-refractivity contribution >= 4 is 55.3 Å². The summed E-state index contributed by atoms with van der Waals surface area (Å²) in [5.41, 5.74) is 2.75. The van der Waals surface area contributed by atoms with Gasteiger partial charge in [-0.25, -0.2) is 14.2 Å². The van der Waals surface area contributed by atoms with Gasteiger partial charge in [-0.3, -0.25) is 4.57 Å². The molecule has 0 saturated heterocycles. The van der Waals surface area contributed by atoms with E-state index in [4.69, 9.17) is 37.6 Å². The van der Waals surface area contributed by atoms with Crippen molar-refractivity contribution in [2.45, 2.75) is 6.61 Å². The fraction of sp³-hybridized carbons (Fsp3) is 0.0741. The molecule has 0 aromatic heterocycles. The summed E-state index contributed by atoms with van der Waals surface area (Å²) in [6, 6.07) is 53.7. The van der Waals surface area contributed by atoms with E-state index in [-0.39, 0.29) is 46.2 Å². The number of hydrogen-bond acceptors (Lipinski definition) is 13. The quantitative estimate of drug-likeness (QED) is 0.0296. The number of carbonyl (C=O) groups excluding carboxylic acids is 2. The van der Waals surface area contributed by atoms with Crippen molar-refractivity contribution in [3.05, 3.63) is 211 Å². The second-order valence-electron chi connectivity index (χ2n) is 16.0. The highest BCUT2D eigenvalue weighted by molar-refractivity contribution is 7.78. The summed E-state index contributed by atoms with van der Waals surface area (Å²) in [6.45, 7) is 2.88. The van der Waals surface area contributed by atoms with Crippen molar-refractivity contribution in [3.63, 3.8) is 0 Å². The van der Waals surface area contributed by atoms with E-state index in [1.165, 1.54) is 38.0 Å². The molecule has 8 aromatic rings. The molecule has 352 valence electrons. The first kappa shape index (κ1) is 47.4. The SMILES string of the molecule is COc1ccc(OC(=O)c2cccc(P(C)(=O)c3cccc(COOc4cccc(OP(C)(=O)Oc5cccc(OC(=O)c6ccccc6)c5)c4)c3)c2)cc1P1(=O)Oc2ccccc2-c2ccccc21. The van der Waals surface area contributed by atoms with E-state index in [1.54, 1.807) is 146 Å². The number of benzene rings is 8. The Bertz CT molecular complexity index is 3410. The highest BCUT2D eigenvalue weighted by Crippen LogP contribution is 2.55. The third-order valence-electron chi connectivity index (χ3n) is 11.0. The second-order valence-corrected chi connectivity index (χ2v) is 23.1. The smallest absolute Gasteiger partial charge is 0.427 e. The van der Waals surface area contributed by atoms with Gasteiger partial charge >= 0.3 is 26.9 Å². The Hall–Kier alpha value is -7.65. The van der Waals surface area contributed by atoms with Crippen LogP contribution in [0.5, 0.6) is 40.2 Å². The van der Waals surface area contributed by atoms with Gasteiger partial charge in [0.15, 0.2) is 5.75 Å². The Morgan fingerprint density at radius 1 is 0.529 bits per heavy atom. The Morgan fingerprint density at radius 2 is 1.10 bits per heavy atom. The van der Waals surface area contributed by atoms with Crippen LogP contribution in [0.25, 0.3) is 11.1 Å². The Balaban J connectivity index is 0.830. The van der Waals surface area contributed by atoms with Gasteiger partial charge in [-0.2, -0.15) is 4.89 Å². The average molecular weight is 993 g/mol. The maximum atomic E-state index is 15.0. The van der Waals surface area contributed by atoms with Crippen LogP contribution in [0.3, 0.4) is 0 Å². The zero-order chi connectivity index (χ0) is 48.9. The van der Waals surface area contributed by atoms with Crippen LogP contribution < -0.4 is 53.9 Å². The summed E-state index contributed by atoms with van der Waals surface area (Å²) in [4.78, 5) is 37.4. The number of carbonyl (C=O) groups is 2. The lowest BCUT2D eigenvalue weighted by molar-refractivity contribution is -0.217. The van der Waals surface area contributed by atoms with Crippen molar-refractivity contribution < 1.29 is 60.8 Å². The fourth-order valence-corrected chi connectivity index (χ4v) is 13.0. The van der Waals surface area contributed by atoms with E-state index >= 15 is 0 Å². The Kier molecular flexibility index (Phi) is 13.6. The first-order valence-electron chi connectivity index (χ1n) is 21.7. The minimum Gasteiger partial charge on any atom is -0.496 e. The van der Waals surface area contributed by atoms with Crippen LogP contribution in [0.15, 0.2) is 194 Å². The first-order chi connectivity index (χ1) is 33.8. The number of ether oxygens (including phenoxy) is 3. The van der Waals surface area contributed by atoms with Gasteiger partial charge in [0.1, 0.15) is 48.2 Å². The number of rotatable bonds is 16. The topological polar surface area (TPSA) is 159 Å². The normalized spacial score (nSPS) is 15.3. The molecule has 1 aliphatic rings. The van der Waals surface area contributed by atoms with Crippen molar-refractivity contribution in [1.29, 1.82) is 0 Å². The summed E-state index contributed by atoms with van der Waals surface area (Å²) < 4.78 is 77.6. The summed E-state index contributed by atoms with van der Waals surface area (Å²) in [5.74, 6) is 0.379. The highest BCUT2D eigenvalue weighted by atomic mass is 31.2. The van der Waals surface area contributed by atoms with Crippen LogP contribution in [-0.2, 0) is 25.2 Å². The third kappa shape index (κ3) is 10.5. The van der Waals surface area contributed by atoms with Crippen molar-refractivity contribution in [2.75, 3.05) is 20.4 Å². The van der Waals surface area contributed by atoms with Crippen molar-refractivity contribution in [3.8, 4) is 51.4 Å². The standard InChI is InChI=1S/C54H43O13P3/c1-60-50-30-29-41(35-52(50)70(59)51-28-10-8-26-48(51)47-25-7-9-27-49(47)67-70)63-54(56)39-18-12-24-46(32-39)68(2,57)45-23-11-15-37(31-45)36-61-64-42-20-14-22-44(34-42)66-69(3,58)65-43-21-13-19-40(33-43)62-53(55)38-16-5-4-6-17-38/h4-35H,36H2,1-3H3. The van der Waals surface area contributed by atoms with E-state index in [0.29, 0.717) is 38.5 Å². The molecule has 0 bridgehead atoms. The molecule has 0 fully saturated rings. The number of methoxy groups -OCH3 is 1. The summed E-state index contributed by atoms with van der Waals surface area (Å²) in [6.07, 6.45) is 0. The number of para-hydroxylation sites is 1. The molecule has 9 rings (SSSR count). The molecule has 8 aromatic carbocycles. The number of fused-ring (bicyclic) bond motifs is 3. The molecular formula is C54H43O13P3. The first-order valence-corrected chi connectivity index (χ1v) is 27.5. The van der Waals surface area contributed by atoms with E-state index in [9.17, 15) is 23.3 Å². The zero-order valence-corrected chi connectivity index (χ0v) is 40.5. The Morgan fingerprint density at radius 3 is 1.84 bits per heavy atom. The lowest BCUT2D eigenvalue weighted by Crippen LogP contribution is -2.26. The van der Waals surface area contributed by atoms with Gasteiger partial charge in [-0.1, -0.05) is 97.1 Å². The van der Waals surface area contributed by atoms with Crippen LogP contribution in [0.4, 0.5) is 0 Å². The van der Waals surface area contributed by atoms with Crippen LogP contribution in [0.1, 0.15) is 26.3 Å².